The molecule has 6 nitrogen and oxygen atoms in total. The zero-order valence-electron chi connectivity index (χ0n) is 15.7. The lowest BCUT2D eigenvalue weighted by Crippen LogP contribution is -2.43. The first-order valence-electron chi connectivity index (χ1n) is 9.43. The van der Waals surface area contributed by atoms with E-state index in [2.05, 4.69) is 15.3 Å². The van der Waals surface area contributed by atoms with Gasteiger partial charge in [0.25, 0.3) is 5.91 Å². The highest BCUT2D eigenvalue weighted by Crippen LogP contribution is 2.29. The lowest BCUT2D eigenvalue weighted by Gasteiger charge is -2.29. The van der Waals surface area contributed by atoms with E-state index >= 15 is 0 Å². The minimum Gasteiger partial charge on any atom is -0.394 e. The largest absolute Gasteiger partial charge is 0.394 e. The van der Waals surface area contributed by atoms with E-state index in [0.29, 0.717) is 22.3 Å². The van der Waals surface area contributed by atoms with Gasteiger partial charge in [-0.2, -0.15) is 0 Å². The molecule has 2 N–H and O–H groups in total. The number of anilines is 2. The molecule has 0 saturated heterocycles. The third-order valence-electron chi connectivity index (χ3n) is 5.27. The Morgan fingerprint density at radius 2 is 2.04 bits per heavy atom. The van der Waals surface area contributed by atoms with Gasteiger partial charge in [-0.15, -0.1) is 0 Å². The van der Waals surface area contributed by atoms with E-state index < -0.39 is 0 Å². The summed E-state index contributed by atoms with van der Waals surface area (Å²) in [7, 11) is 1.82. The van der Waals surface area contributed by atoms with Gasteiger partial charge in [0, 0.05) is 18.9 Å². The highest BCUT2D eigenvalue weighted by atomic mass is 35.5. The molecule has 0 bridgehead atoms. The fraction of sp³-hybridized carbons (Fsp3) is 0.450. The molecule has 28 heavy (non-hydrogen) atoms. The first kappa shape index (κ1) is 20.8. The van der Waals surface area contributed by atoms with Crippen LogP contribution in [0.5, 0.6) is 0 Å². The third-order valence-corrected chi connectivity index (χ3v) is 5.78. The number of nitrogens with zero attached hydrogens (tertiary/aromatic N) is 3. The summed E-state index contributed by atoms with van der Waals surface area (Å²) in [4.78, 5) is 22.7. The lowest BCUT2D eigenvalue weighted by atomic mass is 9.84. The summed E-state index contributed by atoms with van der Waals surface area (Å²) in [5.74, 6) is 0.616. The molecule has 0 spiro atoms. The molecule has 1 aliphatic carbocycles. The first-order valence-corrected chi connectivity index (χ1v) is 10.2. The van der Waals surface area contributed by atoms with Crippen molar-refractivity contribution in [2.45, 2.75) is 38.1 Å². The van der Waals surface area contributed by atoms with Crippen LogP contribution in [0.25, 0.3) is 0 Å². The van der Waals surface area contributed by atoms with Gasteiger partial charge in [-0.1, -0.05) is 30.9 Å². The third kappa shape index (κ3) is 4.93. The van der Waals surface area contributed by atoms with E-state index in [1.165, 1.54) is 6.42 Å². The summed E-state index contributed by atoms with van der Waals surface area (Å²) >= 11 is 12.2. The number of aromatic nitrogens is 2. The van der Waals surface area contributed by atoms with Crippen molar-refractivity contribution in [3.8, 4) is 0 Å². The maximum absolute atomic E-state index is 12.9. The number of amides is 1. The van der Waals surface area contributed by atoms with Crippen molar-refractivity contribution in [2.24, 2.45) is 5.92 Å². The van der Waals surface area contributed by atoms with Gasteiger partial charge in [0.1, 0.15) is 5.82 Å². The minimum absolute atomic E-state index is 0.0763. The van der Waals surface area contributed by atoms with Gasteiger partial charge in [-0.25, -0.2) is 9.97 Å². The fourth-order valence-electron chi connectivity index (χ4n) is 3.64. The number of halogens is 2. The quantitative estimate of drug-likeness (QED) is 0.681. The maximum Gasteiger partial charge on any atom is 0.253 e. The number of hydrogen-bond donors (Lipinski definition) is 2. The predicted molar refractivity (Wildman–Crippen MR) is 111 cm³/mol. The van der Waals surface area contributed by atoms with Crippen LogP contribution in [0.3, 0.4) is 0 Å². The zero-order chi connectivity index (χ0) is 20.1. The van der Waals surface area contributed by atoms with Crippen LogP contribution in [-0.4, -0.2) is 40.7 Å². The summed E-state index contributed by atoms with van der Waals surface area (Å²) in [5, 5.41) is 13.3. The van der Waals surface area contributed by atoms with Gasteiger partial charge in [-0.05, 0) is 54.6 Å². The van der Waals surface area contributed by atoms with Crippen LogP contribution in [0, 0.1) is 5.92 Å². The van der Waals surface area contributed by atoms with Gasteiger partial charge in [0.15, 0.2) is 0 Å². The van der Waals surface area contributed by atoms with E-state index in [-0.39, 0.29) is 23.8 Å². The van der Waals surface area contributed by atoms with Crippen molar-refractivity contribution in [3.63, 3.8) is 0 Å². The average Bonchev–Trinajstić information content (AvgIpc) is 2.72. The Morgan fingerprint density at radius 1 is 1.29 bits per heavy atom. The van der Waals surface area contributed by atoms with Gasteiger partial charge in [0.05, 0.1) is 23.2 Å². The van der Waals surface area contributed by atoms with Crippen molar-refractivity contribution in [1.29, 1.82) is 0 Å². The molecule has 0 unspecified atom stereocenters. The Bertz CT molecular complexity index is 828. The molecule has 1 aromatic carbocycles. The zero-order valence-corrected chi connectivity index (χ0v) is 17.2. The van der Waals surface area contributed by atoms with Crippen molar-refractivity contribution in [3.05, 3.63) is 46.3 Å². The fourth-order valence-corrected chi connectivity index (χ4v) is 3.98. The standard InChI is InChI=1S/C20H24Cl2N4O2/c1-26(18-9-10-23-20(22)25-18)14-7-8-16(21)15(11-14)19(28)24-17(12-27)13-5-3-2-4-6-13/h7-11,13,17,27H,2-6,12H2,1H3,(H,24,28)/t17-/m1/s1. The molecular formula is C20H24Cl2N4O2. The Labute approximate surface area is 174 Å². The van der Waals surface area contributed by atoms with Crippen molar-refractivity contribution in [1.82, 2.24) is 15.3 Å². The molecule has 1 amide bonds. The van der Waals surface area contributed by atoms with E-state index in [9.17, 15) is 9.90 Å². The predicted octanol–water partition coefficient (Wildman–Crippen LogP) is 4.22. The Balaban J connectivity index is 1.79. The molecule has 1 saturated carbocycles. The summed E-state index contributed by atoms with van der Waals surface area (Å²) < 4.78 is 0. The van der Waals surface area contributed by atoms with Crippen molar-refractivity contribution in [2.75, 3.05) is 18.6 Å². The van der Waals surface area contributed by atoms with Crippen LogP contribution >= 0.6 is 23.2 Å². The topological polar surface area (TPSA) is 78.4 Å². The first-order chi connectivity index (χ1) is 13.5. The van der Waals surface area contributed by atoms with Crippen LogP contribution in [0.1, 0.15) is 42.5 Å². The normalized spacial score (nSPS) is 15.9. The van der Waals surface area contributed by atoms with Crippen LogP contribution < -0.4 is 10.2 Å². The number of rotatable bonds is 6. The summed E-state index contributed by atoms with van der Waals surface area (Å²) in [6, 6.07) is 6.67. The Kier molecular flexibility index (Phi) is 7.10. The molecule has 1 aromatic heterocycles. The van der Waals surface area contributed by atoms with Crippen LogP contribution in [0.15, 0.2) is 30.5 Å². The highest BCUT2D eigenvalue weighted by Gasteiger charge is 2.25. The molecule has 1 heterocycles. The molecule has 1 atom stereocenters. The number of carbonyl (C=O) groups is 1. The average molecular weight is 423 g/mol. The number of benzene rings is 1. The monoisotopic (exact) mass is 422 g/mol. The second-order valence-corrected chi connectivity index (χ2v) is 7.81. The molecule has 0 aliphatic heterocycles. The molecular weight excluding hydrogens is 399 g/mol. The number of carbonyl (C=O) groups excluding carboxylic acids is 1. The molecule has 3 rings (SSSR count). The number of aliphatic hydroxyl groups excluding tert-OH is 1. The van der Waals surface area contributed by atoms with Gasteiger partial charge < -0.3 is 15.3 Å². The second-order valence-electron chi connectivity index (χ2n) is 7.07. The highest BCUT2D eigenvalue weighted by molar-refractivity contribution is 6.34. The molecule has 1 aliphatic rings. The molecule has 8 heteroatoms. The number of hydrogen-bond acceptors (Lipinski definition) is 5. The van der Waals surface area contributed by atoms with E-state index in [4.69, 9.17) is 23.2 Å². The van der Waals surface area contributed by atoms with Crippen molar-refractivity contribution < 1.29 is 9.90 Å². The molecule has 1 fully saturated rings. The lowest BCUT2D eigenvalue weighted by molar-refractivity contribution is 0.0871. The molecule has 0 radical (unpaired) electrons. The summed E-state index contributed by atoms with van der Waals surface area (Å²) in [6.07, 6.45) is 7.11. The van der Waals surface area contributed by atoms with Gasteiger partial charge >= 0.3 is 0 Å². The molecule has 2 aromatic rings. The van der Waals surface area contributed by atoms with Gasteiger partial charge in [-0.3, -0.25) is 4.79 Å². The Morgan fingerprint density at radius 3 is 2.71 bits per heavy atom. The second kappa shape index (κ2) is 9.54. The van der Waals surface area contributed by atoms with E-state index in [0.717, 1.165) is 31.4 Å². The van der Waals surface area contributed by atoms with Gasteiger partial charge in [0.2, 0.25) is 5.28 Å². The van der Waals surface area contributed by atoms with Crippen LogP contribution in [0.4, 0.5) is 11.5 Å². The van der Waals surface area contributed by atoms with Crippen LogP contribution in [-0.2, 0) is 0 Å². The molecule has 150 valence electrons. The van der Waals surface area contributed by atoms with Crippen molar-refractivity contribution >= 4 is 40.6 Å². The minimum atomic E-state index is -0.286. The number of aliphatic hydroxyl groups is 1. The van der Waals surface area contributed by atoms with E-state index in [1.807, 2.05) is 7.05 Å². The number of nitrogens with one attached hydrogen (secondary N) is 1. The van der Waals surface area contributed by atoms with Crippen LogP contribution in [0.2, 0.25) is 10.3 Å². The maximum atomic E-state index is 12.9. The summed E-state index contributed by atoms with van der Waals surface area (Å²) in [6.45, 7) is -0.0763. The smallest absolute Gasteiger partial charge is 0.253 e. The Hall–Kier alpha value is -1.89. The SMILES string of the molecule is CN(c1ccc(Cl)c(C(=O)N[C@H](CO)C2CCCCC2)c1)c1ccnc(Cl)n1. The summed E-state index contributed by atoms with van der Waals surface area (Å²) in [5.41, 5.74) is 1.10. The van der Waals surface area contributed by atoms with E-state index in [1.54, 1.807) is 35.4 Å².